The van der Waals surface area contributed by atoms with E-state index >= 15 is 0 Å². The predicted octanol–water partition coefficient (Wildman–Crippen LogP) is 4.29. The van der Waals surface area contributed by atoms with E-state index in [1.165, 1.54) is 0 Å². The van der Waals surface area contributed by atoms with Gasteiger partial charge in [0.2, 0.25) is 0 Å². The van der Waals surface area contributed by atoms with Gasteiger partial charge in [-0.3, -0.25) is 0 Å². The van der Waals surface area contributed by atoms with E-state index in [2.05, 4.69) is 27.9 Å². The molecule has 0 aliphatic rings. The second kappa shape index (κ2) is 6.41. The van der Waals surface area contributed by atoms with Crippen LogP contribution in [0.25, 0.3) is 0 Å². The van der Waals surface area contributed by atoms with E-state index in [-0.39, 0.29) is 0 Å². The van der Waals surface area contributed by atoms with Gasteiger partial charge >= 0.3 is 0 Å². The van der Waals surface area contributed by atoms with E-state index < -0.39 is 0 Å². The molecule has 0 aliphatic carbocycles. The highest BCUT2D eigenvalue weighted by Crippen LogP contribution is 2.38. The van der Waals surface area contributed by atoms with Crippen LogP contribution in [0.1, 0.15) is 0 Å². The molecule has 2 aromatic rings. The molecule has 0 aliphatic heterocycles. The summed E-state index contributed by atoms with van der Waals surface area (Å²) in [6, 6.07) is 9.25. The van der Waals surface area contributed by atoms with Crippen molar-refractivity contribution in [1.29, 1.82) is 0 Å². The summed E-state index contributed by atoms with van der Waals surface area (Å²) in [6.45, 7) is 0. The average Bonchev–Trinajstić information content (AvgIpc) is 2.42. The van der Waals surface area contributed by atoms with Gasteiger partial charge in [0.15, 0.2) is 0 Å². The summed E-state index contributed by atoms with van der Waals surface area (Å²) >= 11 is 8.35. The third kappa shape index (κ3) is 3.21. The van der Waals surface area contributed by atoms with Gasteiger partial charge in [0.05, 0.1) is 36.3 Å². The number of nitrogens with one attached hydrogen (secondary N) is 1. The van der Waals surface area contributed by atoms with Gasteiger partial charge in [-0.1, -0.05) is 11.6 Å². The van der Waals surface area contributed by atoms with Crippen molar-refractivity contribution in [3.63, 3.8) is 0 Å². The minimum absolute atomic E-state index is 0.500. The SMILES string of the molecule is COc1cc(OC)c(Nc2ccc(I)cc2N)cc1Cl. The van der Waals surface area contributed by atoms with E-state index in [1.54, 1.807) is 26.4 Å². The lowest BCUT2D eigenvalue weighted by Gasteiger charge is -2.15. The third-order valence-electron chi connectivity index (χ3n) is 2.76. The van der Waals surface area contributed by atoms with Gasteiger partial charge in [-0.05, 0) is 46.9 Å². The normalized spacial score (nSPS) is 10.2. The lowest BCUT2D eigenvalue weighted by molar-refractivity contribution is 0.396. The molecule has 4 nitrogen and oxygen atoms in total. The van der Waals surface area contributed by atoms with Crippen LogP contribution in [0.2, 0.25) is 5.02 Å². The molecule has 6 heteroatoms. The molecule has 0 heterocycles. The Kier molecular flexibility index (Phi) is 4.82. The van der Waals surface area contributed by atoms with Crippen LogP contribution in [-0.4, -0.2) is 14.2 Å². The Morgan fingerprint density at radius 2 is 1.75 bits per heavy atom. The second-order valence-corrected chi connectivity index (χ2v) is 5.70. The second-order valence-electron chi connectivity index (χ2n) is 4.04. The van der Waals surface area contributed by atoms with Gasteiger partial charge in [0, 0.05) is 9.64 Å². The van der Waals surface area contributed by atoms with Crippen molar-refractivity contribution in [1.82, 2.24) is 0 Å². The maximum absolute atomic E-state index is 6.14. The van der Waals surface area contributed by atoms with Crippen LogP contribution >= 0.6 is 34.2 Å². The monoisotopic (exact) mass is 404 g/mol. The molecule has 0 saturated carbocycles. The molecule has 106 valence electrons. The van der Waals surface area contributed by atoms with Crippen LogP contribution < -0.4 is 20.5 Å². The van der Waals surface area contributed by atoms with Crippen molar-refractivity contribution in [2.75, 3.05) is 25.3 Å². The number of hydrogen-bond donors (Lipinski definition) is 2. The first-order valence-corrected chi connectivity index (χ1v) is 7.24. The number of nitrogen functional groups attached to an aromatic ring is 1. The lowest BCUT2D eigenvalue weighted by Crippen LogP contribution is -1.99. The van der Waals surface area contributed by atoms with Crippen molar-refractivity contribution < 1.29 is 9.47 Å². The largest absolute Gasteiger partial charge is 0.495 e. The van der Waals surface area contributed by atoms with Crippen molar-refractivity contribution in [2.24, 2.45) is 0 Å². The van der Waals surface area contributed by atoms with E-state index in [0.717, 1.165) is 14.9 Å². The molecule has 0 aromatic heterocycles. The molecule has 0 fully saturated rings. The smallest absolute Gasteiger partial charge is 0.146 e. The molecule has 20 heavy (non-hydrogen) atoms. The minimum atomic E-state index is 0.500. The zero-order valence-corrected chi connectivity index (χ0v) is 13.9. The van der Waals surface area contributed by atoms with Crippen molar-refractivity contribution in [2.45, 2.75) is 0 Å². The number of nitrogens with two attached hydrogens (primary N) is 1. The number of halogens is 2. The quantitative estimate of drug-likeness (QED) is 0.590. The molecular weight excluding hydrogens is 391 g/mol. The maximum Gasteiger partial charge on any atom is 0.146 e. The first-order chi connectivity index (χ1) is 9.55. The van der Waals surface area contributed by atoms with E-state index in [4.69, 9.17) is 26.8 Å². The average molecular weight is 405 g/mol. The van der Waals surface area contributed by atoms with Crippen LogP contribution in [0.5, 0.6) is 11.5 Å². The fourth-order valence-corrected chi connectivity index (χ4v) is 2.51. The van der Waals surface area contributed by atoms with Crippen LogP contribution in [0.4, 0.5) is 17.1 Å². The molecule has 2 rings (SSSR count). The van der Waals surface area contributed by atoms with Crippen molar-refractivity contribution >= 4 is 51.3 Å². The Hall–Kier alpha value is -1.34. The highest BCUT2D eigenvalue weighted by molar-refractivity contribution is 14.1. The van der Waals surface area contributed by atoms with Crippen LogP contribution in [0, 0.1) is 3.57 Å². The Morgan fingerprint density at radius 1 is 1.05 bits per heavy atom. The molecule has 0 saturated heterocycles. The molecule has 0 spiro atoms. The molecule has 2 aromatic carbocycles. The van der Waals surface area contributed by atoms with Gasteiger partial charge in [0.1, 0.15) is 11.5 Å². The highest BCUT2D eigenvalue weighted by atomic mass is 127. The summed E-state index contributed by atoms with van der Waals surface area (Å²) < 4.78 is 11.6. The third-order valence-corrected chi connectivity index (χ3v) is 3.72. The Balaban J connectivity index is 2.40. The van der Waals surface area contributed by atoms with Crippen LogP contribution in [-0.2, 0) is 0 Å². The summed E-state index contributed by atoms with van der Waals surface area (Å²) in [4.78, 5) is 0. The van der Waals surface area contributed by atoms with E-state index in [0.29, 0.717) is 22.2 Å². The molecule has 0 bridgehead atoms. The van der Waals surface area contributed by atoms with Crippen molar-refractivity contribution in [3.05, 3.63) is 38.9 Å². The van der Waals surface area contributed by atoms with Crippen molar-refractivity contribution in [3.8, 4) is 11.5 Å². The number of ether oxygens (including phenoxy) is 2. The fraction of sp³-hybridized carbons (Fsp3) is 0.143. The summed E-state index contributed by atoms with van der Waals surface area (Å²) in [5, 5.41) is 3.72. The zero-order valence-electron chi connectivity index (χ0n) is 11.0. The van der Waals surface area contributed by atoms with E-state index in [9.17, 15) is 0 Å². The first-order valence-electron chi connectivity index (χ1n) is 5.78. The molecule has 3 N–H and O–H groups in total. The van der Waals surface area contributed by atoms with Crippen LogP contribution in [0.3, 0.4) is 0 Å². The van der Waals surface area contributed by atoms with Gasteiger partial charge < -0.3 is 20.5 Å². The number of hydrogen-bond acceptors (Lipinski definition) is 4. The number of benzene rings is 2. The molecular formula is C14H14ClIN2O2. The standard InChI is InChI=1S/C14H14ClIN2O2/c1-19-13-7-14(20-2)12(6-9(13)15)18-11-4-3-8(16)5-10(11)17/h3-7,18H,17H2,1-2H3. The highest BCUT2D eigenvalue weighted by Gasteiger charge is 2.11. The first kappa shape index (κ1) is 15.1. The van der Waals surface area contributed by atoms with Gasteiger partial charge in [0.25, 0.3) is 0 Å². The summed E-state index contributed by atoms with van der Waals surface area (Å²) in [5.41, 5.74) is 8.17. The van der Waals surface area contributed by atoms with Crippen LogP contribution in [0.15, 0.2) is 30.3 Å². The van der Waals surface area contributed by atoms with Gasteiger partial charge in [-0.2, -0.15) is 0 Å². The Labute approximate surface area is 136 Å². The predicted molar refractivity (Wildman–Crippen MR) is 91.4 cm³/mol. The van der Waals surface area contributed by atoms with Gasteiger partial charge in [-0.25, -0.2) is 0 Å². The van der Waals surface area contributed by atoms with E-state index in [1.807, 2.05) is 18.2 Å². The number of methoxy groups -OCH3 is 2. The Bertz CT molecular complexity index is 635. The summed E-state index contributed by atoms with van der Waals surface area (Å²) in [7, 11) is 3.15. The topological polar surface area (TPSA) is 56.5 Å². The minimum Gasteiger partial charge on any atom is -0.495 e. The maximum atomic E-state index is 6.14. The zero-order chi connectivity index (χ0) is 14.7. The molecule has 0 atom stereocenters. The summed E-state index contributed by atoms with van der Waals surface area (Å²) in [6.07, 6.45) is 0. The molecule has 0 unspecified atom stereocenters. The Morgan fingerprint density at radius 3 is 2.35 bits per heavy atom. The lowest BCUT2D eigenvalue weighted by atomic mass is 10.2. The fourth-order valence-electron chi connectivity index (χ4n) is 1.75. The number of rotatable bonds is 4. The number of anilines is 3. The van der Waals surface area contributed by atoms with Gasteiger partial charge in [-0.15, -0.1) is 0 Å². The molecule has 0 radical (unpaired) electrons. The summed E-state index contributed by atoms with van der Waals surface area (Å²) in [5.74, 6) is 1.19. The molecule has 0 amide bonds.